The van der Waals surface area contributed by atoms with Crippen LogP contribution in [0.25, 0.3) is 11.1 Å². The van der Waals surface area contributed by atoms with Crippen LogP contribution in [0, 0.1) is 12.3 Å². The summed E-state index contributed by atoms with van der Waals surface area (Å²) in [7, 11) is 5.76. The lowest BCUT2D eigenvalue weighted by atomic mass is 9.93. The molecule has 0 aliphatic carbocycles. The Labute approximate surface area is 154 Å². The summed E-state index contributed by atoms with van der Waals surface area (Å²) in [5.41, 5.74) is 2.23. The van der Waals surface area contributed by atoms with Gasteiger partial charge in [0.2, 0.25) is 0 Å². The normalized spacial score (nSPS) is 11.6. The summed E-state index contributed by atoms with van der Waals surface area (Å²) in [6.07, 6.45) is 0. The summed E-state index contributed by atoms with van der Waals surface area (Å²) in [4.78, 5) is 16.6. The molecule has 136 valence electrons. The van der Waals surface area contributed by atoms with Crippen molar-refractivity contribution < 1.29 is 9.53 Å². The highest BCUT2D eigenvalue weighted by Gasteiger charge is 2.21. The number of thiophene rings is 1. The van der Waals surface area contributed by atoms with Gasteiger partial charge in [-0.15, -0.1) is 11.3 Å². The first-order valence-electron chi connectivity index (χ1n) is 8.39. The molecule has 0 unspecified atom stereocenters. The number of carbonyl (C=O) groups is 1. The fourth-order valence-electron chi connectivity index (χ4n) is 2.97. The largest absolute Gasteiger partial charge is 0.497 e. The summed E-state index contributed by atoms with van der Waals surface area (Å²) in [5, 5.41) is 3.08. The molecule has 25 heavy (non-hydrogen) atoms. The molecule has 1 aromatic heterocycles. The van der Waals surface area contributed by atoms with Crippen molar-refractivity contribution in [2.45, 2.75) is 20.8 Å². The molecule has 0 fully saturated rings. The lowest BCUT2D eigenvalue weighted by Gasteiger charge is -2.28. The van der Waals surface area contributed by atoms with Crippen molar-refractivity contribution >= 4 is 17.2 Å². The molecule has 4 nitrogen and oxygen atoms in total. The van der Waals surface area contributed by atoms with Gasteiger partial charge in [0, 0.05) is 18.0 Å². The van der Waals surface area contributed by atoms with E-state index in [2.05, 4.69) is 31.0 Å². The number of ether oxygens (including phenoxy) is 1. The Balaban J connectivity index is 2.09. The van der Waals surface area contributed by atoms with Gasteiger partial charge in [-0.25, -0.2) is 0 Å². The van der Waals surface area contributed by atoms with Gasteiger partial charge >= 0.3 is 0 Å². The van der Waals surface area contributed by atoms with Gasteiger partial charge in [-0.05, 0) is 55.8 Å². The monoisotopic (exact) mass is 360 g/mol. The highest BCUT2D eigenvalue weighted by atomic mass is 32.1. The molecule has 0 radical (unpaired) electrons. The van der Waals surface area contributed by atoms with E-state index >= 15 is 0 Å². The van der Waals surface area contributed by atoms with E-state index in [1.807, 2.05) is 44.4 Å². The highest BCUT2D eigenvalue weighted by molar-refractivity contribution is 7.14. The third kappa shape index (κ3) is 5.31. The number of benzene rings is 1. The molecule has 0 saturated heterocycles. The van der Waals surface area contributed by atoms with Crippen molar-refractivity contribution in [3.63, 3.8) is 0 Å². The van der Waals surface area contributed by atoms with Crippen molar-refractivity contribution in [3.05, 3.63) is 40.1 Å². The first-order chi connectivity index (χ1) is 11.7. The topological polar surface area (TPSA) is 41.6 Å². The molecule has 1 amide bonds. The summed E-state index contributed by atoms with van der Waals surface area (Å²) in [6, 6.07) is 9.91. The molecule has 1 N–H and O–H groups in total. The minimum atomic E-state index is -0.000284. The Kier molecular flexibility index (Phi) is 6.25. The molecule has 0 aliphatic rings. The van der Waals surface area contributed by atoms with Crippen LogP contribution in [0.5, 0.6) is 5.75 Å². The second kappa shape index (κ2) is 8.02. The molecule has 0 bridgehead atoms. The Morgan fingerprint density at radius 3 is 2.44 bits per heavy atom. The number of nitrogens with zero attached hydrogens (tertiary/aromatic N) is 1. The van der Waals surface area contributed by atoms with E-state index in [0.29, 0.717) is 6.54 Å². The van der Waals surface area contributed by atoms with Gasteiger partial charge in [0.1, 0.15) is 5.75 Å². The highest BCUT2D eigenvalue weighted by Crippen LogP contribution is 2.32. The van der Waals surface area contributed by atoms with Crippen LogP contribution < -0.4 is 10.1 Å². The Bertz CT molecular complexity index is 718. The zero-order chi connectivity index (χ0) is 18.6. The number of amides is 1. The smallest absolute Gasteiger partial charge is 0.261 e. The van der Waals surface area contributed by atoms with Crippen LogP contribution in [0.4, 0.5) is 0 Å². The number of hydrogen-bond donors (Lipinski definition) is 1. The van der Waals surface area contributed by atoms with E-state index in [1.165, 1.54) is 11.3 Å². The summed E-state index contributed by atoms with van der Waals surface area (Å²) >= 11 is 1.54. The van der Waals surface area contributed by atoms with Crippen molar-refractivity contribution in [1.29, 1.82) is 0 Å². The fraction of sp³-hybridized carbons (Fsp3) is 0.450. The van der Waals surface area contributed by atoms with E-state index in [-0.39, 0.29) is 11.3 Å². The molecule has 0 aliphatic heterocycles. The summed E-state index contributed by atoms with van der Waals surface area (Å²) in [6.45, 7) is 7.95. The SMILES string of the molecule is COc1ccc(-c2cc(C(=O)NCC(C)(C)CN(C)C)sc2C)cc1. The standard InChI is InChI=1S/C20H28N2O2S/c1-14-17(15-7-9-16(24-6)10-8-15)11-18(25-14)19(23)21-12-20(2,3)13-22(4)5/h7-11H,12-13H2,1-6H3,(H,21,23). The number of nitrogens with one attached hydrogen (secondary N) is 1. The van der Waals surface area contributed by atoms with E-state index in [0.717, 1.165) is 33.2 Å². The molecule has 2 aromatic rings. The Morgan fingerprint density at radius 1 is 1.24 bits per heavy atom. The second-order valence-electron chi connectivity index (χ2n) is 7.39. The number of methoxy groups -OCH3 is 1. The van der Waals surface area contributed by atoms with Gasteiger partial charge in [-0.1, -0.05) is 26.0 Å². The van der Waals surface area contributed by atoms with Crippen molar-refractivity contribution in [2.75, 3.05) is 34.3 Å². The van der Waals surface area contributed by atoms with Crippen LogP contribution in [0.2, 0.25) is 0 Å². The minimum absolute atomic E-state index is 0.000284. The molecule has 2 rings (SSSR count). The summed E-state index contributed by atoms with van der Waals surface area (Å²) < 4.78 is 5.20. The molecule has 0 atom stereocenters. The maximum atomic E-state index is 12.5. The van der Waals surface area contributed by atoms with Crippen LogP contribution in [0.15, 0.2) is 30.3 Å². The van der Waals surface area contributed by atoms with Crippen molar-refractivity contribution in [2.24, 2.45) is 5.41 Å². The second-order valence-corrected chi connectivity index (χ2v) is 8.65. The molecule has 1 heterocycles. The molecular weight excluding hydrogens is 332 g/mol. The van der Waals surface area contributed by atoms with Gasteiger partial charge in [0.05, 0.1) is 12.0 Å². The zero-order valence-electron chi connectivity index (χ0n) is 16.0. The average molecular weight is 361 g/mol. The van der Waals surface area contributed by atoms with E-state index in [4.69, 9.17) is 4.74 Å². The van der Waals surface area contributed by atoms with E-state index < -0.39 is 0 Å². The third-order valence-corrected chi connectivity index (χ3v) is 5.06. The fourth-order valence-corrected chi connectivity index (χ4v) is 3.93. The van der Waals surface area contributed by atoms with Crippen molar-refractivity contribution in [1.82, 2.24) is 10.2 Å². The number of aryl methyl sites for hydroxylation is 1. The van der Waals surface area contributed by atoms with Gasteiger partial charge in [0.25, 0.3) is 5.91 Å². The first-order valence-corrected chi connectivity index (χ1v) is 9.21. The lowest BCUT2D eigenvalue weighted by molar-refractivity contribution is 0.0933. The lowest BCUT2D eigenvalue weighted by Crippen LogP contribution is -2.39. The number of hydrogen-bond acceptors (Lipinski definition) is 4. The predicted molar refractivity (Wildman–Crippen MR) is 106 cm³/mol. The Morgan fingerprint density at radius 2 is 1.88 bits per heavy atom. The van der Waals surface area contributed by atoms with Crippen LogP contribution in [-0.4, -0.2) is 45.1 Å². The van der Waals surface area contributed by atoms with Crippen LogP contribution >= 0.6 is 11.3 Å². The summed E-state index contributed by atoms with van der Waals surface area (Å²) in [5.74, 6) is 0.831. The minimum Gasteiger partial charge on any atom is -0.497 e. The van der Waals surface area contributed by atoms with Gasteiger partial charge < -0.3 is 15.0 Å². The molecule has 5 heteroatoms. The van der Waals surface area contributed by atoms with Gasteiger partial charge in [0.15, 0.2) is 0 Å². The molecule has 1 aromatic carbocycles. The van der Waals surface area contributed by atoms with Crippen LogP contribution in [0.1, 0.15) is 28.4 Å². The molecule has 0 saturated carbocycles. The van der Waals surface area contributed by atoms with E-state index in [9.17, 15) is 4.79 Å². The maximum absolute atomic E-state index is 12.5. The predicted octanol–water partition coefficient (Wildman–Crippen LogP) is 4.05. The first kappa shape index (κ1) is 19.5. The van der Waals surface area contributed by atoms with E-state index in [1.54, 1.807) is 7.11 Å². The Hall–Kier alpha value is -1.85. The van der Waals surface area contributed by atoms with Gasteiger partial charge in [-0.3, -0.25) is 4.79 Å². The van der Waals surface area contributed by atoms with Gasteiger partial charge in [-0.2, -0.15) is 0 Å². The third-order valence-electron chi connectivity index (χ3n) is 4.01. The molecular formula is C20H28N2O2S. The number of carbonyl (C=O) groups excluding carboxylic acids is 1. The zero-order valence-corrected chi connectivity index (χ0v) is 16.8. The van der Waals surface area contributed by atoms with Crippen LogP contribution in [0.3, 0.4) is 0 Å². The van der Waals surface area contributed by atoms with Crippen LogP contribution in [-0.2, 0) is 0 Å². The molecule has 0 spiro atoms. The average Bonchev–Trinajstić information content (AvgIpc) is 2.93. The van der Waals surface area contributed by atoms with Crippen molar-refractivity contribution in [3.8, 4) is 16.9 Å². The maximum Gasteiger partial charge on any atom is 0.261 e. The number of rotatable bonds is 7. The quantitative estimate of drug-likeness (QED) is 0.810.